The first kappa shape index (κ1) is 44.0. The number of hydrogen-bond acceptors (Lipinski definition) is 11. The van der Waals surface area contributed by atoms with Gasteiger partial charge in [-0.15, -0.1) is 0 Å². The summed E-state index contributed by atoms with van der Waals surface area (Å²) < 4.78 is 66.6. The number of aromatic nitrogens is 8. The van der Waals surface area contributed by atoms with E-state index < -0.39 is 23.3 Å². The maximum atomic E-state index is 14.1. The zero-order chi connectivity index (χ0) is 44.2. The van der Waals surface area contributed by atoms with Crippen LogP contribution in [0, 0.1) is 35.1 Å². The van der Waals surface area contributed by atoms with Gasteiger partial charge in [-0.1, -0.05) is 32.0 Å². The first-order chi connectivity index (χ1) is 30.5. The van der Waals surface area contributed by atoms with Crippen LogP contribution in [0.3, 0.4) is 0 Å². The number of hydrogen-bond donors (Lipinski definition) is 3. The van der Waals surface area contributed by atoms with Gasteiger partial charge in [0.15, 0.2) is 40.6 Å². The van der Waals surface area contributed by atoms with Crippen molar-refractivity contribution in [1.82, 2.24) is 49.4 Å². The lowest BCUT2D eigenvalue weighted by Crippen LogP contribution is -2.24. The maximum Gasteiger partial charge on any atom is 0.276 e. The number of rotatable bonds is 7. The van der Waals surface area contributed by atoms with Crippen molar-refractivity contribution in [2.45, 2.75) is 69.7 Å². The number of carbonyl (C=O) groups excluding carboxylic acids is 1. The third kappa shape index (κ3) is 9.51. The van der Waals surface area contributed by atoms with Gasteiger partial charge < -0.3 is 24.8 Å². The molecule has 0 aliphatic carbocycles. The van der Waals surface area contributed by atoms with Crippen LogP contribution in [0.25, 0.3) is 11.0 Å². The van der Waals surface area contributed by atoms with Crippen LogP contribution in [0.5, 0.6) is 0 Å². The van der Waals surface area contributed by atoms with Gasteiger partial charge in [0.1, 0.15) is 23.3 Å². The SMILES string of the molecule is CC1CN(Cc2cccc(F)c2F)CC1c1nn2c(C3CCOCC3)ncc2c(=O)[nH]1.CC1CNCC1c1nn2c(C3CCOCC3)ncc2c(=O)[nH]1.O=Cc1cccc(F)c1F. The highest BCUT2D eigenvalue weighted by molar-refractivity contribution is 5.75. The number of ether oxygens (including phenoxy) is 2. The molecule has 4 saturated heterocycles. The topological polar surface area (TPSA) is 177 Å². The molecule has 4 aliphatic heterocycles. The Morgan fingerprint density at radius 2 is 1.24 bits per heavy atom. The van der Waals surface area contributed by atoms with Crippen LogP contribution >= 0.6 is 0 Å². The highest BCUT2D eigenvalue weighted by Crippen LogP contribution is 2.33. The lowest BCUT2D eigenvalue weighted by atomic mass is 9.97. The number of carbonyl (C=O) groups is 1. The van der Waals surface area contributed by atoms with E-state index in [1.165, 1.54) is 18.2 Å². The van der Waals surface area contributed by atoms with Crippen molar-refractivity contribution < 1.29 is 31.8 Å². The Hall–Kier alpha value is -5.63. The zero-order valence-corrected chi connectivity index (χ0v) is 35.0. The van der Waals surface area contributed by atoms with Crippen molar-refractivity contribution in [2.24, 2.45) is 11.8 Å². The van der Waals surface area contributed by atoms with E-state index in [4.69, 9.17) is 19.7 Å². The lowest BCUT2D eigenvalue weighted by Gasteiger charge is -2.21. The Morgan fingerprint density at radius 3 is 1.76 bits per heavy atom. The molecule has 4 unspecified atom stereocenters. The van der Waals surface area contributed by atoms with Crippen LogP contribution in [0.1, 0.15) is 102 Å². The van der Waals surface area contributed by atoms with E-state index in [1.807, 2.05) is 0 Å². The Balaban J connectivity index is 0.000000147. The summed E-state index contributed by atoms with van der Waals surface area (Å²) in [4.78, 5) is 52.0. The molecular weight excluding hydrogens is 825 g/mol. The average molecular weight is 875 g/mol. The Bertz CT molecular complexity index is 2670. The molecule has 63 heavy (non-hydrogen) atoms. The first-order valence-electron chi connectivity index (χ1n) is 21.4. The van der Waals surface area contributed by atoms with Gasteiger partial charge in [-0.05, 0) is 62.3 Å². The van der Waals surface area contributed by atoms with Crippen LogP contribution < -0.4 is 16.4 Å². The number of benzene rings is 2. The molecule has 0 radical (unpaired) electrons. The second-order valence-corrected chi connectivity index (χ2v) is 16.8. The predicted molar refractivity (Wildman–Crippen MR) is 223 cm³/mol. The van der Waals surface area contributed by atoms with Gasteiger partial charge in [-0.3, -0.25) is 19.3 Å². The Kier molecular flexibility index (Phi) is 13.6. The number of aldehydes is 1. The molecule has 0 amide bonds. The molecule has 15 nitrogen and oxygen atoms in total. The number of fused-ring (bicyclic) bond motifs is 2. The first-order valence-corrected chi connectivity index (χ1v) is 21.4. The van der Waals surface area contributed by atoms with Gasteiger partial charge in [0.2, 0.25) is 0 Å². The lowest BCUT2D eigenvalue weighted by molar-refractivity contribution is 0.0831. The summed E-state index contributed by atoms with van der Waals surface area (Å²) in [5.74, 6) is 0.791. The fraction of sp³-hybridized carbons (Fsp3) is 0.477. The highest BCUT2D eigenvalue weighted by atomic mass is 19.2. The van der Waals surface area contributed by atoms with Gasteiger partial charge in [0.05, 0.1) is 18.0 Å². The van der Waals surface area contributed by atoms with Gasteiger partial charge in [-0.2, -0.15) is 10.2 Å². The molecule has 0 saturated carbocycles. The molecule has 334 valence electrons. The maximum absolute atomic E-state index is 14.1. The van der Waals surface area contributed by atoms with Crippen LogP contribution in [0.2, 0.25) is 0 Å². The van der Waals surface area contributed by atoms with Crippen molar-refractivity contribution in [2.75, 3.05) is 52.6 Å². The van der Waals surface area contributed by atoms with E-state index in [9.17, 15) is 31.9 Å². The van der Waals surface area contributed by atoms with Crippen LogP contribution in [-0.2, 0) is 16.0 Å². The van der Waals surface area contributed by atoms with E-state index in [0.29, 0.717) is 67.1 Å². The molecule has 0 spiro atoms. The molecule has 0 bridgehead atoms. The Labute approximate surface area is 359 Å². The smallest absolute Gasteiger partial charge is 0.276 e. The molecule has 4 aliphatic rings. The molecule has 4 fully saturated rings. The van der Waals surface area contributed by atoms with Crippen molar-refractivity contribution in [3.8, 4) is 0 Å². The Morgan fingerprint density at radius 1 is 0.698 bits per heavy atom. The van der Waals surface area contributed by atoms with Crippen molar-refractivity contribution in [3.05, 3.63) is 127 Å². The standard InChI is InChI=1S/C22H25F2N5O2.C15H21N5O2.C7H4F2O/c1-13-10-28(11-15-3-2-4-17(23)19(15)24)12-16(13)20-26-22(30)18-9-25-21(29(18)27-20)14-5-7-31-8-6-14;1-9-6-16-7-11(9)13-18-15(21)12-8-17-14(20(12)19-13)10-2-4-22-5-3-10;8-6-3-1-2-5(4-10)7(6)9/h2-4,9,13-14,16H,5-8,10-12H2,1H3,(H,26,27,30);8-11,16H,2-7H2,1H3,(H,18,19,21);1-4H. The van der Waals surface area contributed by atoms with E-state index in [-0.39, 0.29) is 46.6 Å². The fourth-order valence-corrected chi connectivity index (χ4v) is 8.92. The number of imidazole rings is 2. The molecule has 19 heteroatoms. The molecule has 2 aromatic carbocycles. The highest BCUT2D eigenvalue weighted by Gasteiger charge is 2.34. The summed E-state index contributed by atoms with van der Waals surface area (Å²) in [5, 5.41) is 12.9. The van der Waals surface area contributed by atoms with Gasteiger partial charge in [0.25, 0.3) is 11.1 Å². The van der Waals surface area contributed by atoms with Crippen molar-refractivity contribution in [1.29, 1.82) is 0 Å². The minimum atomic E-state index is -1.09. The van der Waals surface area contributed by atoms with Crippen LogP contribution in [-0.4, -0.2) is 103 Å². The number of nitrogens with zero attached hydrogens (tertiary/aromatic N) is 7. The molecular formula is C44H50F4N10O5. The minimum absolute atomic E-state index is 0.0151. The normalized spacial score (nSPS) is 22.2. The number of likely N-dealkylation sites (tertiary alicyclic amines) is 1. The summed E-state index contributed by atoms with van der Waals surface area (Å²) in [6, 6.07) is 7.71. The van der Waals surface area contributed by atoms with E-state index in [0.717, 1.165) is 81.6 Å². The number of halogens is 4. The van der Waals surface area contributed by atoms with Gasteiger partial charge >= 0.3 is 0 Å². The third-order valence-electron chi connectivity index (χ3n) is 12.5. The summed E-state index contributed by atoms with van der Waals surface area (Å²) >= 11 is 0. The number of H-pyrrole nitrogens is 2. The van der Waals surface area contributed by atoms with Crippen LogP contribution in [0.4, 0.5) is 17.6 Å². The minimum Gasteiger partial charge on any atom is -0.381 e. The third-order valence-corrected chi connectivity index (χ3v) is 12.5. The molecule has 8 heterocycles. The number of nitrogens with one attached hydrogen (secondary N) is 3. The summed E-state index contributed by atoms with van der Waals surface area (Å²) in [7, 11) is 0. The summed E-state index contributed by atoms with van der Waals surface area (Å²) in [5.41, 5.74) is 0.743. The van der Waals surface area contributed by atoms with Crippen molar-refractivity contribution >= 4 is 17.3 Å². The largest absolute Gasteiger partial charge is 0.381 e. The molecule has 4 aromatic heterocycles. The number of aromatic amines is 2. The quantitative estimate of drug-likeness (QED) is 0.141. The summed E-state index contributed by atoms with van der Waals surface area (Å²) in [6.07, 6.45) is 7.08. The van der Waals surface area contributed by atoms with Crippen LogP contribution in [0.15, 0.2) is 58.4 Å². The van der Waals surface area contributed by atoms with E-state index in [1.54, 1.807) is 27.5 Å². The predicted octanol–water partition coefficient (Wildman–Crippen LogP) is 5.24. The average Bonchev–Trinajstić information content (AvgIpc) is 4.11. The van der Waals surface area contributed by atoms with Gasteiger partial charge in [0, 0.05) is 81.8 Å². The molecule has 4 atom stereocenters. The van der Waals surface area contributed by atoms with E-state index >= 15 is 0 Å². The summed E-state index contributed by atoms with van der Waals surface area (Å²) in [6.45, 7) is 10.6. The molecule has 3 N–H and O–H groups in total. The second-order valence-electron chi connectivity index (χ2n) is 16.8. The zero-order valence-electron chi connectivity index (χ0n) is 35.0. The molecule has 6 aromatic rings. The fourth-order valence-electron chi connectivity index (χ4n) is 8.92. The second kappa shape index (κ2) is 19.4. The monoisotopic (exact) mass is 874 g/mol. The van der Waals surface area contributed by atoms with Crippen molar-refractivity contribution in [3.63, 3.8) is 0 Å². The van der Waals surface area contributed by atoms with Gasteiger partial charge in [-0.25, -0.2) is 36.6 Å². The van der Waals surface area contributed by atoms with E-state index in [2.05, 4.69) is 44.0 Å². The molecule has 10 rings (SSSR count).